The third kappa shape index (κ3) is 3.25. The molecule has 0 aromatic heterocycles. The summed E-state index contributed by atoms with van der Waals surface area (Å²) in [5.74, 6) is 5.28. The first-order valence-corrected chi connectivity index (χ1v) is 9.80. The van der Waals surface area contributed by atoms with E-state index in [0.29, 0.717) is 35.9 Å². The molecule has 1 spiro atoms. The fraction of sp³-hybridized carbons (Fsp3) is 0.600. The number of benzene rings is 1. The van der Waals surface area contributed by atoms with E-state index in [9.17, 15) is 9.90 Å². The second kappa shape index (κ2) is 7.02. The van der Waals surface area contributed by atoms with Gasteiger partial charge in [0, 0.05) is 12.1 Å². The summed E-state index contributed by atoms with van der Waals surface area (Å²) in [6.45, 7) is 3.63. The maximum absolute atomic E-state index is 11.5. The number of aliphatic imine (C=N–C) groups is 1. The molecule has 3 aliphatic rings. The number of carboxylic acids is 1. The highest BCUT2D eigenvalue weighted by Gasteiger charge is 2.47. The van der Waals surface area contributed by atoms with E-state index in [4.69, 9.17) is 26.2 Å². The summed E-state index contributed by atoms with van der Waals surface area (Å²) in [4.78, 5) is 21.0. The van der Waals surface area contributed by atoms with Gasteiger partial charge in [0.05, 0.1) is 6.04 Å². The maximum atomic E-state index is 11.5. The molecule has 2 atom stereocenters. The van der Waals surface area contributed by atoms with Gasteiger partial charge in [0.15, 0.2) is 0 Å². The van der Waals surface area contributed by atoms with Crippen LogP contribution in [0, 0.1) is 5.41 Å². The number of amidine groups is 1. The summed E-state index contributed by atoms with van der Waals surface area (Å²) in [5, 5.41) is 12.9. The third-order valence-corrected chi connectivity index (χ3v) is 6.58. The maximum Gasteiger partial charge on any atom is 0.341 e. The van der Waals surface area contributed by atoms with Crippen LogP contribution in [0.2, 0.25) is 0 Å². The Balaban J connectivity index is 1.45. The molecule has 2 heterocycles. The summed E-state index contributed by atoms with van der Waals surface area (Å²) in [6, 6.07) is 5.97. The van der Waals surface area contributed by atoms with Crippen molar-refractivity contribution in [1.82, 2.24) is 5.32 Å². The van der Waals surface area contributed by atoms with E-state index in [-0.39, 0.29) is 0 Å². The number of aryl methyl sites for hydroxylation is 1. The minimum absolute atomic E-state index is 0.301. The van der Waals surface area contributed by atoms with E-state index >= 15 is 0 Å². The molecule has 0 unspecified atom stereocenters. The van der Waals surface area contributed by atoms with Gasteiger partial charge in [-0.15, -0.1) is 0 Å². The summed E-state index contributed by atoms with van der Waals surface area (Å²) in [7, 11) is 0. The fourth-order valence-corrected chi connectivity index (χ4v) is 4.65. The molecule has 8 nitrogen and oxygen atoms in total. The van der Waals surface area contributed by atoms with Crippen LogP contribution in [0.1, 0.15) is 43.7 Å². The molecule has 2 fully saturated rings. The molecule has 0 radical (unpaired) electrons. The zero-order chi connectivity index (χ0) is 19.9. The lowest BCUT2D eigenvalue weighted by Gasteiger charge is -2.42. The average Bonchev–Trinajstić information content (AvgIpc) is 3.16. The van der Waals surface area contributed by atoms with E-state index in [1.165, 1.54) is 13.3 Å². The molecule has 0 bridgehead atoms. The summed E-state index contributed by atoms with van der Waals surface area (Å²) < 4.78 is 5.89. The van der Waals surface area contributed by atoms with Crippen molar-refractivity contribution in [2.24, 2.45) is 22.0 Å². The first-order valence-electron chi connectivity index (χ1n) is 9.80. The van der Waals surface area contributed by atoms with Crippen LogP contribution >= 0.6 is 0 Å². The van der Waals surface area contributed by atoms with Crippen LogP contribution in [0.5, 0.6) is 5.75 Å². The predicted molar refractivity (Wildman–Crippen MR) is 104 cm³/mol. The Morgan fingerprint density at radius 3 is 2.89 bits per heavy atom. The lowest BCUT2D eigenvalue weighted by molar-refractivity contribution is -0.179. The highest BCUT2D eigenvalue weighted by molar-refractivity contribution is 5.98. The van der Waals surface area contributed by atoms with Crippen molar-refractivity contribution in [3.05, 3.63) is 29.3 Å². The molecular weight excluding hydrogens is 360 g/mol. The Morgan fingerprint density at radius 1 is 1.46 bits per heavy atom. The van der Waals surface area contributed by atoms with E-state index in [1.807, 2.05) is 18.2 Å². The number of fused-ring (bicyclic) bond motifs is 1. The number of carbonyl (C=O) groups is 1. The zero-order valence-corrected chi connectivity index (χ0v) is 16.1. The molecule has 1 aromatic carbocycles. The van der Waals surface area contributed by atoms with Crippen molar-refractivity contribution in [2.45, 2.75) is 56.8 Å². The van der Waals surface area contributed by atoms with Crippen molar-refractivity contribution in [1.29, 1.82) is 0 Å². The highest BCUT2D eigenvalue weighted by Crippen LogP contribution is 2.47. The molecule has 1 aliphatic carbocycles. The van der Waals surface area contributed by atoms with Crippen LogP contribution < -0.4 is 21.7 Å². The minimum Gasteiger partial charge on any atom is -0.486 e. The molecule has 8 heteroatoms. The number of nitrogens with one attached hydrogen (secondary N) is 1. The number of aliphatic carboxylic acids is 1. The number of nitrogens with two attached hydrogens (primary N) is 2. The predicted octanol–water partition coefficient (Wildman–Crippen LogP) is 0.961. The standard InChI is InChI=1S/C20H28N4O4/c1-19(28-22,18(25)26)16-5-3-12-8-13(2-4-15(12)27-16)17(21)24-14-9-20(10-14)6-7-23-11-20/h2,4,8,14,16,23H,3,5-7,9-11,22H2,1H3,(H2,21,24)(H,25,26)/t14?,16-,19+,20?/m1/s1. The molecule has 1 aromatic rings. The van der Waals surface area contributed by atoms with E-state index in [0.717, 1.165) is 37.1 Å². The molecule has 4 rings (SSSR count). The van der Waals surface area contributed by atoms with Crippen molar-refractivity contribution in [2.75, 3.05) is 13.1 Å². The SMILES string of the molecule is C[C@@](ON)(C(=O)O)[C@H]1CCc2cc(C(N)=NC3CC4(CCNC4)C3)ccc2O1. The zero-order valence-electron chi connectivity index (χ0n) is 16.1. The smallest absolute Gasteiger partial charge is 0.341 e. The van der Waals surface area contributed by atoms with Gasteiger partial charge < -0.3 is 20.9 Å². The Hall–Kier alpha value is -2.16. The van der Waals surface area contributed by atoms with Gasteiger partial charge >= 0.3 is 5.97 Å². The number of hydrogen-bond acceptors (Lipinski definition) is 6. The third-order valence-electron chi connectivity index (χ3n) is 6.58. The minimum atomic E-state index is -1.59. The normalized spacial score (nSPS) is 31.6. The van der Waals surface area contributed by atoms with Crippen LogP contribution in [0.15, 0.2) is 23.2 Å². The van der Waals surface area contributed by atoms with Crippen LogP contribution in [0.3, 0.4) is 0 Å². The Labute approximate surface area is 164 Å². The lowest BCUT2D eigenvalue weighted by atomic mass is 9.65. The number of carboxylic acid groups (broad SMARTS) is 1. The summed E-state index contributed by atoms with van der Waals surface area (Å²) in [5.41, 5.74) is 6.98. The first-order chi connectivity index (χ1) is 13.3. The molecular formula is C20H28N4O4. The molecule has 1 saturated carbocycles. The second-order valence-electron chi connectivity index (χ2n) is 8.50. The summed E-state index contributed by atoms with van der Waals surface area (Å²) >= 11 is 0. The quantitative estimate of drug-likeness (QED) is 0.335. The Morgan fingerprint density at radius 2 is 2.25 bits per heavy atom. The highest BCUT2D eigenvalue weighted by atomic mass is 16.7. The van der Waals surface area contributed by atoms with Gasteiger partial charge in [0.25, 0.3) is 0 Å². The van der Waals surface area contributed by atoms with Gasteiger partial charge in [-0.1, -0.05) is 0 Å². The number of hydrogen-bond donors (Lipinski definition) is 4. The summed E-state index contributed by atoms with van der Waals surface area (Å²) in [6.07, 6.45) is 3.92. The Bertz CT molecular complexity index is 797. The second-order valence-corrected chi connectivity index (χ2v) is 8.50. The topological polar surface area (TPSA) is 132 Å². The van der Waals surface area contributed by atoms with E-state index in [2.05, 4.69) is 5.32 Å². The number of nitrogens with zero attached hydrogens (tertiary/aromatic N) is 1. The van der Waals surface area contributed by atoms with E-state index in [1.54, 1.807) is 0 Å². The van der Waals surface area contributed by atoms with Gasteiger partial charge in [-0.05, 0) is 74.8 Å². The van der Waals surface area contributed by atoms with Gasteiger partial charge in [0.2, 0.25) is 5.60 Å². The van der Waals surface area contributed by atoms with Gasteiger partial charge in [0.1, 0.15) is 17.7 Å². The van der Waals surface area contributed by atoms with Crippen molar-refractivity contribution >= 4 is 11.8 Å². The molecule has 28 heavy (non-hydrogen) atoms. The van der Waals surface area contributed by atoms with Crippen LogP contribution in [-0.4, -0.2) is 47.7 Å². The van der Waals surface area contributed by atoms with Crippen LogP contribution in [-0.2, 0) is 16.1 Å². The molecule has 1 saturated heterocycles. The van der Waals surface area contributed by atoms with Crippen LogP contribution in [0.25, 0.3) is 0 Å². The average molecular weight is 388 g/mol. The fourth-order valence-electron chi connectivity index (χ4n) is 4.65. The van der Waals surface area contributed by atoms with Crippen molar-refractivity contribution in [3.8, 4) is 5.75 Å². The van der Waals surface area contributed by atoms with Crippen molar-refractivity contribution in [3.63, 3.8) is 0 Å². The molecule has 0 amide bonds. The Kier molecular flexibility index (Phi) is 4.81. The molecule has 152 valence electrons. The van der Waals surface area contributed by atoms with Crippen molar-refractivity contribution < 1.29 is 19.5 Å². The van der Waals surface area contributed by atoms with E-state index < -0.39 is 17.7 Å². The molecule has 6 N–H and O–H groups in total. The molecule has 2 aliphatic heterocycles. The van der Waals surface area contributed by atoms with Gasteiger partial charge in [-0.3, -0.25) is 9.83 Å². The monoisotopic (exact) mass is 388 g/mol. The van der Waals surface area contributed by atoms with Gasteiger partial charge in [-0.2, -0.15) is 0 Å². The lowest BCUT2D eigenvalue weighted by Crippen LogP contribution is -2.54. The largest absolute Gasteiger partial charge is 0.486 e. The van der Waals surface area contributed by atoms with Crippen LogP contribution in [0.4, 0.5) is 0 Å². The van der Waals surface area contributed by atoms with Gasteiger partial charge in [-0.25, -0.2) is 10.7 Å². The first kappa shape index (κ1) is 19.2. The number of ether oxygens (including phenoxy) is 1. The number of rotatable bonds is 5.